The molecule has 2 aliphatic heterocycles. The highest BCUT2D eigenvalue weighted by molar-refractivity contribution is 5.92. The van der Waals surface area contributed by atoms with E-state index < -0.39 is 0 Å². The zero-order chi connectivity index (χ0) is 20.0. The second-order valence-electron chi connectivity index (χ2n) is 10.3. The van der Waals surface area contributed by atoms with Gasteiger partial charge in [-0.3, -0.25) is 9.69 Å². The van der Waals surface area contributed by atoms with Gasteiger partial charge in [0.05, 0.1) is 0 Å². The van der Waals surface area contributed by atoms with Crippen molar-refractivity contribution >= 4 is 5.91 Å². The number of fused-ring (bicyclic) bond motifs is 2. The number of hydrogen-bond donors (Lipinski definition) is 1. The van der Waals surface area contributed by atoms with Crippen molar-refractivity contribution in [1.82, 2.24) is 20.3 Å². The standard InChI is InChI=1S/C23H36N4O2/c1-26(2)18-7-3-15(4-8-18)14-27-19-9-10-20(27)12-17(11-19)24-23(28)21-13-22(29-25-21)16-5-6-16/h13,15-20H,3-12,14H2,1-2H3,(H,24,28)/t15-,17-,18-,19+,20-. The molecule has 2 aliphatic carbocycles. The van der Waals surface area contributed by atoms with E-state index in [1.807, 2.05) is 6.07 Å². The minimum Gasteiger partial charge on any atom is -0.360 e. The Kier molecular flexibility index (Phi) is 5.41. The molecular weight excluding hydrogens is 364 g/mol. The Morgan fingerprint density at radius 2 is 1.79 bits per heavy atom. The second kappa shape index (κ2) is 8.03. The maximum Gasteiger partial charge on any atom is 0.273 e. The smallest absolute Gasteiger partial charge is 0.273 e. The van der Waals surface area contributed by atoms with Crippen LogP contribution >= 0.6 is 0 Å². The van der Waals surface area contributed by atoms with Crippen LogP contribution in [0.3, 0.4) is 0 Å². The molecule has 2 bridgehead atoms. The van der Waals surface area contributed by atoms with Crippen molar-refractivity contribution in [2.75, 3.05) is 20.6 Å². The van der Waals surface area contributed by atoms with E-state index in [1.165, 1.54) is 45.1 Å². The van der Waals surface area contributed by atoms with E-state index >= 15 is 0 Å². The molecule has 0 unspecified atom stereocenters. The predicted octanol–water partition coefficient (Wildman–Crippen LogP) is 3.40. The van der Waals surface area contributed by atoms with Gasteiger partial charge in [-0.05, 0) is 84.2 Å². The summed E-state index contributed by atoms with van der Waals surface area (Å²) < 4.78 is 5.36. The minimum absolute atomic E-state index is 0.0551. The Morgan fingerprint density at radius 3 is 2.41 bits per heavy atom. The van der Waals surface area contributed by atoms with Crippen molar-refractivity contribution in [3.8, 4) is 0 Å². The van der Waals surface area contributed by atoms with Crippen LogP contribution in [0.1, 0.15) is 86.4 Å². The number of aromatic nitrogens is 1. The molecule has 4 fully saturated rings. The van der Waals surface area contributed by atoms with E-state index in [0.29, 0.717) is 23.7 Å². The lowest BCUT2D eigenvalue weighted by Crippen LogP contribution is -2.52. The molecular formula is C23H36N4O2. The number of carbonyl (C=O) groups excluding carboxylic acids is 1. The van der Waals surface area contributed by atoms with Crippen molar-refractivity contribution in [2.45, 2.75) is 94.3 Å². The number of rotatable bonds is 6. The Bertz CT molecular complexity index is 706. The fourth-order valence-electron chi connectivity index (χ4n) is 6.05. The van der Waals surface area contributed by atoms with Crippen LogP contribution in [0, 0.1) is 5.92 Å². The molecule has 2 saturated heterocycles. The third-order valence-corrected chi connectivity index (χ3v) is 7.98. The number of piperidine rings is 1. The van der Waals surface area contributed by atoms with Crippen LogP contribution in [0.5, 0.6) is 0 Å². The molecule has 0 aromatic carbocycles. The Hall–Kier alpha value is -1.40. The van der Waals surface area contributed by atoms with E-state index in [9.17, 15) is 4.79 Å². The molecule has 2 saturated carbocycles. The molecule has 1 aromatic rings. The lowest BCUT2D eigenvalue weighted by molar-refractivity contribution is 0.0710. The van der Waals surface area contributed by atoms with Gasteiger partial charge in [0.25, 0.3) is 5.91 Å². The average molecular weight is 401 g/mol. The molecule has 0 radical (unpaired) electrons. The van der Waals surface area contributed by atoms with Gasteiger partial charge < -0.3 is 14.7 Å². The highest BCUT2D eigenvalue weighted by Gasteiger charge is 2.42. The highest BCUT2D eigenvalue weighted by atomic mass is 16.5. The second-order valence-corrected chi connectivity index (χ2v) is 10.3. The van der Waals surface area contributed by atoms with Crippen LogP contribution in [0.2, 0.25) is 0 Å². The Balaban J connectivity index is 1.12. The molecule has 160 valence electrons. The van der Waals surface area contributed by atoms with Crippen LogP contribution in [-0.4, -0.2) is 65.7 Å². The van der Waals surface area contributed by atoms with Crippen molar-refractivity contribution in [3.63, 3.8) is 0 Å². The van der Waals surface area contributed by atoms with Crippen molar-refractivity contribution in [1.29, 1.82) is 0 Å². The normalized spacial score (nSPS) is 35.2. The van der Waals surface area contributed by atoms with Gasteiger partial charge >= 0.3 is 0 Å². The van der Waals surface area contributed by atoms with Gasteiger partial charge in [-0.15, -0.1) is 0 Å². The molecule has 3 atom stereocenters. The first kappa shape index (κ1) is 19.6. The number of hydrogen-bond acceptors (Lipinski definition) is 5. The maximum atomic E-state index is 12.6. The number of nitrogens with one attached hydrogen (secondary N) is 1. The first-order valence-electron chi connectivity index (χ1n) is 11.8. The van der Waals surface area contributed by atoms with Crippen LogP contribution in [-0.2, 0) is 0 Å². The lowest BCUT2D eigenvalue weighted by Gasteiger charge is -2.42. The Morgan fingerprint density at radius 1 is 1.10 bits per heavy atom. The van der Waals surface area contributed by atoms with E-state index in [4.69, 9.17) is 4.52 Å². The summed E-state index contributed by atoms with van der Waals surface area (Å²) in [5.74, 6) is 2.18. The quantitative estimate of drug-likeness (QED) is 0.793. The minimum atomic E-state index is -0.0551. The molecule has 1 amide bonds. The molecule has 4 aliphatic rings. The molecule has 0 spiro atoms. The molecule has 6 heteroatoms. The van der Waals surface area contributed by atoms with Gasteiger partial charge in [-0.25, -0.2) is 0 Å². The fourth-order valence-corrected chi connectivity index (χ4v) is 6.05. The highest BCUT2D eigenvalue weighted by Crippen LogP contribution is 2.40. The number of nitrogens with zero attached hydrogens (tertiary/aromatic N) is 3. The summed E-state index contributed by atoms with van der Waals surface area (Å²) in [7, 11) is 4.44. The van der Waals surface area contributed by atoms with Gasteiger partial charge in [-0.1, -0.05) is 5.16 Å². The van der Waals surface area contributed by atoms with Crippen molar-refractivity contribution in [3.05, 3.63) is 17.5 Å². The Labute approximate surface area is 174 Å². The predicted molar refractivity (Wildman–Crippen MR) is 112 cm³/mol. The first-order valence-corrected chi connectivity index (χ1v) is 11.8. The molecule has 6 nitrogen and oxygen atoms in total. The van der Waals surface area contributed by atoms with Crippen LogP contribution in [0.4, 0.5) is 0 Å². The zero-order valence-electron chi connectivity index (χ0n) is 18.0. The third kappa shape index (κ3) is 4.24. The van der Waals surface area contributed by atoms with E-state index in [1.54, 1.807) is 0 Å². The summed E-state index contributed by atoms with van der Waals surface area (Å²) in [6.07, 6.45) is 12.5. The van der Waals surface area contributed by atoms with E-state index in [0.717, 1.165) is 43.4 Å². The molecule has 29 heavy (non-hydrogen) atoms. The number of carbonyl (C=O) groups is 1. The average Bonchev–Trinajstić information content (AvgIpc) is 3.39. The first-order chi connectivity index (χ1) is 14.1. The van der Waals surface area contributed by atoms with Crippen LogP contribution < -0.4 is 5.32 Å². The zero-order valence-corrected chi connectivity index (χ0v) is 18.0. The SMILES string of the molecule is CN(C)[C@H]1CC[C@H](CN2[C@@H]3CC[C@H]2C[C@@H](NC(=O)c2cc(C4CC4)on2)C3)CC1. The fraction of sp³-hybridized carbons (Fsp3) is 0.826. The molecule has 1 aromatic heterocycles. The van der Waals surface area contributed by atoms with Gasteiger partial charge in [0, 0.05) is 42.7 Å². The van der Waals surface area contributed by atoms with E-state index in [-0.39, 0.29) is 11.9 Å². The van der Waals surface area contributed by atoms with Crippen molar-refractivity contribution in [2.24, 2.45) is 5.92 Å². The lowest BCUT2D eigenvalue weighted by atomic mass is 9.84. The molecule has 1 N–H and O–H groups in total. The third-order valence-electron chi connectivity index (χ3n) is 7.98. The van der Waals surface area contributed by atoms with Crippen LogP contribution in [0.15, 0.2) is 10.6 Å². The monoisotopic (exact) mass is 400 g/mol. The van der Waals surface area contributed by atoms with Gasteiger partial charge in [0.2, 0.25) is 0 Å². The summed E-state index contributed by atoms with van der Waals surface area (Å²) in [4.78, 5) is 17.8. The number of amides is 1. The van der Waals surface area contributed by atoms with E-state index in [2.05, 4.69) is 34.4 Å². The summed E-state index contributed by atoms with van der Waals surface area (Å²) in [5.41, 5.74) is 0.458. The molecule has 3 heterocycles. The largest absolute Gasteiger partial charge is 0.360 e. The maximum absolute atomic E-state index is 12.6. The topological polar surface area (TPSA) is 61.6 Å². The molecule has 5 rings (SSSR count). The van der Waals surface area contributed by atoms with Gasteiger partial charge in [0.15, 0.2) is 5.69 Å². The van der Waals surface area contributed by atoms with Crippen molar-refractivity contribution < 1.29 is 9.32 Å². The van der Waals surface area contributed by atoms with Gasteiger partial charge in [-0.2, -0.15) is 0 Å². The summed E-state index contributed by atoms with van der Waals surface area (Å²) in [6.45, 7) is 1.27. The summed E-state index contributed by atoms with van der Waals surface area (Å²) in [5, 5.41) is 7.26. The summed E-state index contributed by atoms with van der Waals surface area (Å²) >= 11 is 0. The summed E-state index contributed by atoms with van der Waals surface area (Å²) in [6, 6.07) is 4.19. The van der Waals surface area contributed by atoms with Crippen LogP contribution in [0.25, 0.3) is 0 Å². The van der Waals surface area contributed by atoms with Gasteiger partial charge in [0.1, 0.15) is 5.76 Å².